The Labute approximate surface area is 210 Å². The molecular formula is C26H18Cl2FN3OS. The van der Waals surface area contributed by atoms with Gasteiger partial charge < -0.3 is 9.88 Å². The number of fused-ring (bicyclic) bond motifs is 1. The summed E-state index contributed by atoms with van der Waals surface area (Å²) in [6.07, 6.45) is 1.89. The van der Waals surface area contributed by atoms with E-state index in [0.717, 1.165) is 27.7 Å². The number of thioether (sulfide) groups is 1. The summed E-state index contributed by atoms with van der Waals surface area (Å²) in [7, 11) is 0. The van der Waals surface area contributed by atoms with Crippen LogP contribution in [0.5, 0.6) is 0 Å². The molecule has 0 atom stereocenters. The van der Waals surface area contributed by atoms with Gasteiger partial charge in [-0.25, -0.2) is 9.38 Å². The van der Waals surface area contributed by atoms with Crippen LogP contribution < -0.4 is 5.32 Å². The Morgan fingerprint density at radius 1 is 1.09 bits per heavy atom. The Kier molecular flexibility index (Phi) is 6.21. The maximum absolute atomic E-state index is 13.2. The van der Waals surface area contributed by atoms with E-state index < -0.39 is 0 Å². The van der Waals surface area contributed by atoms with Gasteiger partial charge in [0.2, 0.25) is 0 Å². The molecule has 170 valence electrons. The van der Waals surface area contributed by atoms with Crippen molar-refractivity contribution in [2.45, 2.75) is 13.5 Å². The Morgan fingerprint density at radius 3 is 2.62 bits per heavy atom. The number of hydrogen-bond acceptors (Lipinski definition) is 3. The van der Waals surface area contributed by atoms with Gasteiger partial charge in [0.15, 0.2) is 5.17 Å². The number of benzene rings is 3. The summed E-state index contributed by atoms with van der Waals surface area (Å²) in [5.74, 6) is -0.553. The van der Waals surface area contributed by atoms with E-state index in [1.807, 2.05) is 43.3 Å². The first-order valence-electron chi connectivity index (χ1n) is 10.5. The van der Waals surface area contributed by atoms with Gasteiger partial charge >= 0.3 is 0 Å². The number of para-hydroxylation sites is 1. The van der Waals surface area contributed by atoms with Crippen LogP contribution in [-0.4, -0.2) is 15.6 Å². The van der Waals surface area contributed by atoms with Crippen LogP contribution >= 0.6 is 35.0 Å². The molecule has 4 nitrogen and oxygen atoms in total. The summed E-state index contributed by atoms with van der Waals surface area (Å²) in [5, 5.41) is 5.48. The highest BCUT2D eigenvalue weighted by atomic mass is 35.5. The quantitative estimate of drug-likeness (QED) is 0.292. The summed E-state index contributed by atoms with van der Waals surface area (Å²) in [6, 6.07) is 19.4. The highest BCUT2D eigenvalue weighted by molar-refractivity contribution is 8.18. The predicted molar refractivity (Wildman–Crippen MR) is 139 cm³/mol. The van der Waals surface area contributed by atoms with Gasteiger partial charge in [-0.3, -0.25) is 4.79 Å². The van der Waals surface area contributed by atoms with Crippen molar-refractivity contribution in [3.8, 4) is 0 Å². The maximum atomic E-state index is 13.2. The second kappa shape index (κ2) is 9.29. The molecule has 0 radical (unpaired) electrons. The van der Waals surface area contributed by atoms with Crippen LogP contribution in [0.25, 0.3) is 17.0 Å². The van der Waals surface area contributed by atoms with Gasteiger partial charge in [-0.15, -0.1) is 0 Å². The van der Waals surface area contributed by atoms with Gasteiger partial charge in [-0.2, -0.15) is 0 Å². The fraction of sp³-hybridized carbons (Fsp3) is 0.0769. The molecule has 5 rings (SSSR count). The second-order valence-corrected chi connectivity index (χ2v) is 9.67. The lowest BCUT2D eigenvalue weighted by molar-refractivity contribution is -0.115. The molecule has 8 heteroatoms. The molecule has 1 N–H and O–H groups in total. The first-order valence-corrected chi connectivity index (χ1v) is 12.0. The predicted octanol–water partition coefficient (Wildman–Crippen LogP) is 7.34. The van der Waals surface area contributed by atoms with Crippen LogP contribution in [0.4, 0.5) is 10.1 Å². The van der Waals surface area contributed by atoms with Gasteiger partial charge in [-0.05, 0) is 72.8 Å². The third-order valence-electron chi connectivity index (χ3n) is 5.61. The molecule has 1 aliphatic rings. The molecule has 0 spiro atoms. The molecule has 3 aromatic carbocycles. The fourth-order valence-electron chi connectivity index (χ4n) is 3.91. The number of nitrogens with one attached hydrogen (secondary N) is 1. The zero-order chi connectivity index (χ0) is 23.8. The minimum Gasteiger partial charge on any atom is -0.340 e. The van der Waals surface area contributed by atoms with Gasteiger partial charge in [0.05, 0.1) is 10.6 Å². The summed E-state index contributed by atoms with van der Waals surface area (Å²) in [5.41, 5.74) is 4.54. The number of aliphatic imine (C=N–C) groups is 1. The molecule has 1 amide bonds. The molecule has 34 heavy (non-hydrogen) atoms. The normalized spacial score (nSPS) is 16.1. The van der Waals surface area contributed by atoms with E-state index in [1.54, 1.807) is 18.2 Å². The third kappa shape index (κ3) is 4.49. The Hall–Kier alpha value is -3.06. The topological polar surface area (TPSA) is 46.4 Å². The van der Waals surface area contributed by atoms with Crippen LogP contribution in [0, 0.1) is 12.7 Å². The molecule has 0 unspecified atom stereocenters. The fourth-order valence-corrected chi connectivity index (χ4v) is 5.20. The van der Waals surface area contributed by atoms with E-state index in [-0.39, 0.29) is 11.7 Å². The van der Waals surface area contributed by atoms with Crippen molar-refractivity contribution in [2.75, 3.05) is 0 Å². The smallest absolute Gasteiger partial charge is 0.264 e. The standard InChI is InChI=1S/C26H18Cl2FN3OS/c1-15-21(13-24-25(33)31-26(34-24)30-19-10-8-18(29)9-11-19)20-4-2-3-5-23(20)32(15)14-16-6-7-17(27)12-22(16)28/h2-13H,14H2,1H3,(H,30,31,33)/b24-13+. The van der Waals surface area contributed by atoms with Crippen LogP contribution in [0.2, 0.25) is 10.0 Å². The molecule has 1 aliphatic heterocycles. The van der Waals surface area contributed by atoms with E-state index in [4.69, 9.17) is 23.2 Å². The van der Waals surface area contributed by atoms with Crippen molar-refractivity contribution in [1.82, 2.24) is 9.88 Å². The lowest BCUT2D eigenvalue weighted by atomic mass is 10.1. The number of rotatable bonds is 4. The molecule has 4 aromatic rings. The number of amidine groups is 1. The van der Waals surface area contributed by atoms with Crippen molar-refractivity contribution >= 4 is 68.7 Å². The van der Waals surface area contributed by atoms with E-state index in [9.17, 15) is 9.18 Å². The van der Waals surface area contributed by atoms with Crippen LogP contribution in [-0.2, 0) is 11.3 Å². The highest BCUT2D eigenvalue weighted by Gasteiger charge is 2.25. The average molecular weight is 510 g/mol. The van der Waals surface area contributed by atoms with E-state index in [2.05, 4.69) is 20.9 Å². The third-order valence-corrected chi connectivity index (χ3v) is 7.10. The summed E-state index contributed by atoms with van der Waals surface area (Å²) >= 11 is 13.8. The number of carbonyl (C=O) groups is 1. The minimum absolute atomic E-state index is 0.220. The van der Waals surface area contributed by atoms with Gasteiger partial charge in [0.25, 0.3) is 5.91 Å². The van der Waals surface area contributed by atoms with Gasteiger partial charge in [0.1, 0.15) is 5.82 Å². The molecule has 1 fully saturated rings. The largest absolute Gasteiger partial charge is 0.340 e. The van der Waals surface area contributed by atoms with Gasteiger partial charge in [-0.1, -0.05) is 47.5 Å². The molecule has 2 heterocycles. The van der Waals surface area contributed by atoms with Crippen molar-refractivity contribution < 1.29 is 9.18 Å². The number of halogens is 3. The second-order valence-electron chi connectivity index (χ2n) is 7.80. The van der Waals surface area contributed by atoms with E-state index in [0.29, 0.717) is 32.4 Å². The van der Waals surface area contributed by atoms with E-state index in [1.165, 1.54) is 23.9 Å². The SMILES string of the molecule is Cc1c(/C=C2/SC(=Nc3ccc(F)cc3)NC2=O)c2ccccc2n1Cc1ccc(Cl)cc1Cl. The van der Waals surface area contributed by atoms with Crippen molar-refractivity contribution in [1.29, 1.82) is 0 Å². The Balaban J connectivity index is 1.52. The first-order chi connectivity index (χ1) is 16.4. The van der Waals surface area contributed by atoms with Crippen LogP contribution in [0.3, 0.4) is 0 Å². The first kappa shape index (κ1) is 22.7. The maximum Gasteiger partial charge on any atom is 0.264 e. The summed E-state index contributed by atoms with van der Waals surface area (Å²) in [6.45, 7) is 2.60. The molecule has 0 saturated carbocycles. The molecular weight excluding hydrogens is 492 g/mol. The lowest BCUT2D eigenvalue weighted by Gasteiger charge is -2.10. The van der Waals surface area contributed by atoms with Crippen LogP contribution in [0.1, 0.15) is 16.8 Å². The summed E-state index contributed by atoms with van der Waals surface area (Å²) < 4.78 is 15.3. The molecule has 1 aromatic heterocycles. The zero-order valence-electron chi connectivity index (χ0n) is 18.0. The number of amides is 1. The lowest BCUT2D eigenvalue weighted by Crippen LogP contribution is -2.19. The Bertz CT molecular complexity index is 1490. The summed E-state index contributed by atoms with van der Waals surface area (Å²) in [4.78, 5) is 17.6. The van der Waals surface area contributed by atoms with E-state index >= 15 is 0 Å². The number of carbonyl (C=O) groups excluding carboxylic acids is 1. The molecule has 1 saturated heterocycles. The monoisotopic (exact) mass is 509 g/mol. The van der Waals surface area contributed by atoms with Crippen molar-refractivity contribution in [3.05, 3.63) is 104 Å². The number of aromatic nitrogens is 1. The van der Waals surface area contributed by atoms with Crippen LogP contribution in [0.15, 0.2) is 76.6 Å². The average Bonchev–Trinajstić information content (AvgIpc) is 3.29. The van der Waals surface area contributed by atoms with Gasteiger partial charge in [0, 0.05) is 38.8 Å². The zero-order valence-corrected chi connectivity index (χ0v) is 20.3. The van der Waals surface area contributed by atoms with Crippen molar-refractivity contribution in [3.63, 3.8) is 0 Å². The highest BCUT2D eigenvalue weighted by Crippen LogP contribution is 2.34. The Morgan fingerprint density at radius 2 is 1.85 bits per heavy atom. The van der Waals surface area contributed by atoms with Crippen molar-refractivity contribution in [2.24, 2.45) is 4.99 Å². The molecule has 0 aliphatic carbocycles. The minimum atomic E-state index is -0.334. The molecule has 0 bridgehead atoms. The number of nitrogens with zero attached hydrogens (tertiary/aromatic N) is 2. The number of hydrogen-bond donors (Lipinski definition) is 1.